The van der Waals surface area contributed by atoms with Crippen molar-refractivity contribution in [3.8, 4) is 0 Å². The van der Waals surface area contributed by atoms with E-state index < -0.39 is 0 Å². The molecule has 0 radical (unpaired) electrons. The predicted octanol–water partition coefficient (Wildman–Crippen LogP) is 0.0000000000000000555. The molecule has 0 aromatic carbocycles. The molecular formula is C8H10N4O. The smallest absolute Gasteiger partial charge is 0.318 e. The Hall–Kier alpha value is -1.52. The lowest BCUT2D eigenvalue weighted by Crippen LogP contribution is -2.28. The molecular weight excluding hydrogens is 168 g/mol. The number of hydrogen-bond donors (Lipinski definition) is 1. The number of fused-ring (bicyclic) bond motifs is 4. The van der Waals surface area contributed by atoms with Crippen LogP contribution in [0.3, 0.4) is 0 Å². The van der Waals surface area contributed by atoms with Gasteiger partial charge in [-0.25, -0.2) is 4.79 Å². The van der Waals surface area contributed by atoms with Crippen LogP contribution in [0.5, 0.6) is 0 Å². The van der Waals surface area contributed by atoms with Crippen molar-refractivity contribution in [1.82, 2.24) is 20.0 Å². The minimum Gasteiger partial charge on any atom is -0.329 e. The Bertz CT molecular complexity index is 383. The summed E-state index contributed by atoms with van der Waals surface area (Å²) in [5.74, 6) is 0. The molecule has 2 aliphatic rings. The summed E-state index contributed by atoms with van der Waals surface area (Å²) in [7, 11) is 1.91. The fraction of sp³-hybridized carbons (Fsp3) is 0.500. The molecule has 5 heteroatoms. The Labute approximate surface area is 75.3 Å². The number of rotatable bonds is 0. The Morgan fingerprint density at radius 2 is 2.54 bits per heavy atom. The number of carbonyl (C=O) groups is 1. The normalized spacial score (nSPS) is 24.5. The summed E-state index contributed by atoms with van der Waals surface area (Å²) in [4.78, 5) is 13.1. The zero-order valence-corrected chi connectivity index (χ0v) is 7.32. The van der Waals surface area contributed by atoms with Gasteiger partial charge in [0.05, 0.1) is 24.5 Å². The van der Waals surface area contributed by atoms with Gasteiger partial charge >= 0.3 is 6.03 Å². The van der Waals surface area contributed by atoms with E-state index >= 15 is 0 Å². The van der Waals surface area contributed by atoms with Gasteiger partial charge in [0, 0.05) is 19.2 Å². The van der Waals surface area contributed by atoms with Gasteiger partial charge in [0.25, 0.3) is 0 Å². The summed E-state index contributed by atoms with van der Waals surface area (Å²) in [6.45, 7) is 1.48. The third kappa shape index (κ3) is 0.760. The second-order valence-corrected chi connectivity index (χ2v) is 3.55. The summed E-state index contributed by atoms with van der Waals surface area (Å²) in [6, 6.07) is 0.200. The summed E-state index contributed by atoms with van der Waals surface area (Å²) in [5, 5.41) is 7.10. The van der Waals surface area contributed by atoms with Gasteiger partial charge in [-0.05, 0) is 0 Å². The highest BCUT2D eigenvalue weighted by Gasteiger charge is 2.37. The lowest BCUT2D eigenvalue weighted by molar-refractivity contribution is 0.213. The van der Waals surface area contributed by atoms with Crippen LogP contribution < -0.4 is 5.32 Å². The van der Waals surface area contributed by atoms with E-state index in [1.165, 1.54) is 5.56 Å². The lowest BCUT2D eigenvalue weighted by atomic mass is 10.1. The van der Waals surface area contributed by atoms with Crippen LogP contribution in [0, 0.1) is 0 Å². The Balaban J connectivity index is 2.13. The molecule has 1 fully saturated rings. The van der Waals surface area contributed by atoms with Gasteiger partial charge in [0.2, 0.25) is 0 Å². The number of hydrogen-bond acceptors (Lipinski definition) is 2. The first-order valence-corrected chi connectivity index (χ1v) is 4.32. The number of nitrogens with zero attached hydrogens (tertiary/aromatic N) is 3. The van der Waals surface area contributed by atoms with Gasteiger partial charge in [-0.3, -0.25) is 4.68 Å². The van der Waals surface area contributed by atoms with E-state index in [4.69, 9.17) is 0 Å². The number of urea groups is 1. The van der Waals surface area contributed by atoms with Crippen molar-refractivity contribution in [2.75, 3.05) is 6.54 Å². The van der Waals surface area contributed by atoms with E-state index in [0.29, 0.717) is 6.54 Å². The molecule has 1 atom stereocenters. The zero-order valence-electron chi connectivity index (χ0n) is 7.32. The van der Waals surface area contributed by atoms with E-state index in [1.807, 2.05) is 22.8 Å². The summed E-state index contributed by atoms with van der Waals surface area (Å²) >= 11 is 0. The maximum atomic E-state index is 11.3. The molecule has 0 saturated carbocycles. The molecule has 1 N–H and O–H groups in total. The number of amides is 2. The zero-order chi connectivity index (χ0) is 9.00. The first kappa shape index (κ1) is 6.94. The summed E-state index contributed by atoms with van der Waals surface area (Å²) in [6.07, 6.45) is 1.85. The number of carbonyl (C=O) groups excluding carboxylic acids is 1. The molecule has 1 aromatic heterocycles. The minimum atomic E-state index is 0.0428. The highest BCUT2D eigenvalue weighted by atomic mass is 16.2. The molecule has 2 amide bonds. The van der Waals surface area contributed by atoms with E-state index in [2.05, 4.69) is 10.4 Å². The monoisotopic (exact) mass is 178 g/mol. The molecule has 2 aliphatic heterocycles. The van der Waals surface area contributed by atoms with Crippen molar-refractivity contribution in [2.45, 2.75) is 12.6 Å². The fourth-order valence-corrected chi connectivity index (χ4v) is 2.05. The van der Waals surface area contributed by atoms with Gasteiger partial charge < -0.3 is 10.2 Å². The van der Waals surface area contributed by atoms with Crippen LogP contribution in [-0.4, -0.2) is 27.3 Å². The molecule has 2 bridgehead atoms. The molecule has 5 nitrogen and oxygen atoms in total. The first-order chi connectivity index (χ1) is 6.25. The molecule has 3 heterocycles. The van der Waals surface area contributed by atoms with Gasteiger partial charge in [-0.2, -0.15) is 5.10 Å². The predicted molar refractivity (Wildman–Crippen MR) is 44.9 cm³/mol. The average Bonchev–Trinajstić information content (AvgIpc) is 2.60. The van der Waals surface area contributed by atoms with Crippen LogP contribution >= 0.6 is 0 Å². The van der Waals surface area contributed by atoms with Crippen molar-refractivity contribution in [3.63, 3.8) is 0 Å². The quantitative estimate of drug-likeness (QED) is 0.608. The topological polar surface area (TPSA) is 50.2 Å². The van der Waals surface area contributed by atoms with E-state index in [0.717, 1.165) is 12.2 Å². The lowest BCUT2D eigenvalue weighted by Gasteiger charge is -2.20. The Morgan fingerprint density at radius 1 is 1.69 bits per heavy atom. The van der Waals surface area contributed by atoms with Gasteiger partial charge in [-0.1, -0.05) is 0 Å². The molecule has 68 valence electrons. The maximum Gasteiger partial charge on any atom is 0.318 e. The minimum absolute atomic E-state index is 0.0428. The van der Waals surface area contributed by atoms with Crippen LogP contribution in [0.2, 0.25) is 0 Å². The highest BCUT2D eigenvalue weighted by molar-refractivity contribution is 5.78. The largest absolute Gasteiger partial charge is 0.329 e. The van der Waals surface area contributed by atoms with E-state index in [1.54, 1.807) is 0 Å². The van der Waals surface area contributed by atoms with Crippen LogP contribution in [0.15, 0.2) is 6.20 Å². The van der Waals surface area contributed by atoms with Gasteiger partial charge in [-0.15, -0.1) is 0 Å². The van der Waals surface area contributed by atoms with Crippen LogP contribution in [0.4, 0.5) is 4.79 Å². The second kappa shape index (κ2) is 2.04. The molecule has 0 aliphatic carbocycles. The van der Waals surface area contributed by atoms with Crippen molar-refractivity contribution >= 4 is 6.03 Å². The summed E-state index contributed by atoms with van der Waals surface area (Å²) in [5.41, 5.74) is 2.32. The molecule has 0 unspecified atom stereocenters. The second-order valence-electron chi connectivity index (χ2n) is 3.55. The van der Waals surface area contributed by atoms with Gasteiger partial charge in [0.15, 0.2) is 0 Å². The van der Waals surface area contributed by atoms with Crippen molar-refractivity contribution < 1.29 is 4.79 Å². The molecule has 1 aromatic rings. The van der Waals surface area contributed by atoms with Crippen LogP contribution in [0.25, 0.3) is 0 Å². The van der Waals surface area contributed by atoms with E-state index in [9.17, 15) is 4.79 Å². The van der Waals surface area contributed by atoms with Crippen molar-refractivity contribution in [2.24, 2.45) is 7.05 Å². The maximum absolute atomic E-state index is 11.3. The highest BCUT2D eigenvalue weighted by Crippen LogP contribution is 2.30. The molecule has 1 saturated heterocycles. The Kier molecular flexibility index (Phi) is 1.09. The molecule has 3 rings (SSSR count). The number of nitrogens with one attached hydrogen (secondary N) is 1. The summed E-state index contributed by atoms with van der Waals surface area (Å²) < 4.78 is 1.84. The first-order valence-electron chi connectivity index (χ1n) is 4.32. The van der Waals surface area contributed by atoms with Crippen LogP contribution in [-0.2, 0) is 13.6 Å². The number of aromatic nitrogens is 2. The SMILES string of the molecule is Cn1ncc2c1CN1C[C@@H]2NC1=O. The van der Waals surface area contributed by atoms with Crippen LogP contribution in [0.1, 0.15) is 17.3 Å². The average molecular weight is 178 g/mol. The third-order valence-corrected chi connectivity index (χ3v) is 2.80. The van der Waals surface area contributed by atoms with E-state index in [-0.39, 0.29) is 12.1 Å². The van der Waals surface area contributed by atoms with Crippen molar-refractivity contribution in [3.05, 3.63) is 17.5 Å². The number of aryl methyl sites for hydroxylation is 1. The molecule has 0 spiro atoms. The fourth-order valence-electron chi connectivity index (χ4n) is 2.05. The Morgan fingerprint density at radius 3 is 3.38 bits per heavy atom. The van der Waals surface area contributed by atoms with Crippen molar-refractivity contribution in [1.29, 1.82) is 0 Å². The van der Waals surface area contributed by atoms with Gasteiger partial charge in [0.1, 0.15) is 0 Å². The molecule has 13 heavy (non-hydrogen) atoms. The standard InChI is InChI=1S/C8H10N4O/c1-11-7-4-12-3-6(10-8(12)13)5(7)2-9-11/h2,6H,3-4H2,1H3,(H,10,13)/t6-/m0/s1. The third-order valence-electron chi connectivity index (χ3n) is 2.80.